The van der Waals surface area contributed by atoms with Crippen molar-refractivity contribution in [1.82, 2.24) is 14.7 Å². The Labute approximate surface area is 139 Å². The second-order valence-corrected chi connectivity index (χ2v) is 5.88. The van der Waals surface area contributed by atoms with Crippen molar-refractivity contribution in [1.29, 1.82) is 0 Å². The van der Waals surface area contributed by atoms with Crippen molar-refractivity contribution in [2.75, 3.05) is 20.2 Å². The Bertz CT molecular complexity index is 701. The number of morpholine rings is 1. The summed E-state index contributed by atoms with van der Waals surface area (Å²) in [6, 6.07) is 8.08. The van der Waals surface area contributed by atoms with Gasteiger partial charge in [0, 0.05) is 25.8 Å². The summed E-state index contributed by atoms with van der Waals surface area (Å²) in [5, 5.41) is 4.51. The second-order valence-electron chi connectivity index (χ2n) is 5.88. The lowest BCUT2D eigenvalue weighted by Gasteiger charge is -2.34. The summed E-state index contributed by atoms with van der Waals surface area (Å²) in [4.78, 5) is 13.8. The Kier molecular flexibility index (Phi) is 4.92. The van der Waals surface area contributed by atoms with Crippen molar-refractivity contribution in [2.45, 2.75) is 25.7 Å². The molecule has 1 fully saturated rings. The summed E-state index contributed by atoms with van der Waals surface area (Å²) in [5.74, 6) is -0.634. The fraction of sp³-hybridized carbons (Fsp3) is 0.412. The van der Waals surface area contributed by atoms with Crippen LogP contribution in [0.3, 0.4) is 0 Å². The molecule has 0 aliphatic carbocycles. The van der Waals surface area contributed by atoms with Crippen LogP contribution < -0.4 is 0 Å². The Hall–Kier alpha value is -2.25. The van der Waals surface area contributed by atoms with Gasteiger partial charge in [-0.15, -0.1) is 0 Å². The zero-order valence-electron chi connectivity index (χ0n) is 13.7. The van der Waals surface area contributed by atoms with Gasteiger partial charge in [-0.3, -0.25) is 4.90 Å². The molecule has 0 amide bonds. The zero-order chi connectivity index (χ0) is 17.1. The molecule has 0 spiro atoms. The Balaban J connectivity index is 1.67. The number of halogens is 1. The lowest BCUT2D eigenvalue weighted by molar-refractivity contribution is -0.166. The highest BCUT2D eigenvalue weighted by Gasteiger charge is 2.31. The maximum absolute atomic E-state index is 13.0. The number of hydrogen-bond donors (Lipinski definition) is 0. The molecule has 2 aromatic rings. The van der Waals surface area contributed by atoms with E-state index in [2.05, 4.69) is 10.00 Å². The molecule has 1 saturated heterocycles. The smallest absolute Gasteiger partial charge is 0.336 e. The van der Waals surface area contributed by atoms with Gasteiger partial charge in [-0.25, -0.2) is 13.9 Å². The molecule has 6 nitrogen and oxygen atoms in total. The van der Waals surface area contributed by atoms with Crippen LogP contribution in [0, 0.1) is 5.82 Å². The third-order valence-corrected chi connectivity index (χ3v) is 3.92. The van der Waals surface area contributed by atoms with Gasteiger partial charge in [0.15, 0.2) is 6.10 Å². The SMILES string of the molecule is COC(=O)[C@H]1CN(Cc2ccn(-c3ccc(F)cc3)n2)C[C@@H](C)O1. The molecular weight excluding hydrogens is 313 g/mol. The van der Waals surface area contributed by atoms with E-state index in [4.69, 9.17) is 9.47 Å². The number of nitrogens with zero attached hydrogens (tertiary/aromatic N) is 3. The van der Waals surface area contributed by atoms with Crippen molar-refractivity contribution in [3.05, 3.63) is 48.0 Å². The number of carbonyl (C=O) groups is 1. The van der Waals surface area contributed by atoms with Crippen molar-refractivity contribution in [2.24, 2.45) is 0 Å². The first-order valence-electron chi connectivity index (χ1n) is 7.81. The average molecular weight is 333 g/mol. The van der Waals surface area contributed by atoms with E-state index in [1.165, 1.54) is 19.2 Å². The van der Waals surface area contributed by atoms with Gasteiger partial charge in [0.25, 0.3) is 0 Å². The maximum atomic E-state index is 13.0. The van der Waals surface area contributed by atoms with E-state index in [-0.39, 0.29) is 17.9 Å². The van der Waals surface area contributed by atoms with Crippen LogP contribution in [0.1, 0.15) is 12.6 Å². The van der Waals surface area contributed by atoms with Gasteiger partial charge >= 0.3 is 5.97 Å². The van der Waals surface area contributed by atoms with E-state index in [1.54, 1.807) is 16.8 Å². The molecule has 0 saturated carbocycles. The van der Waals surface area contributed by atoms with Gasteiger partial charge < -0.3 is 9.47 Å². The highest BCUT2D eigenvalue weighted by molar-refractivity contribution is 5.74. The van der Waals surface area contributed by atoms with Crippen LogP contribution in [0.25, 0.3) is 5.69 Å². The van der Waals surface area contributed by atoms with Gasteiger partial charge in [0.05, 0.1) is 24.6 Å². The second kappa shape index (κ2) is 7.11. The molecule has 1 aliphatic heterocycles. The predicted octanol–water partition coefficient (Wildman–Crippen LogP) is 1.77. The molecule has 2 atom stereocenters. The topological polar surface area (TPSA) is 56.6 Å². The molecule has 128 valence electrons. The largest absolute Gasteiger partial charge is 0.467 e. The molecule has 1 aromatic heterocycles. The van der Waals surface area contributed by atoms with Crippen LogP contribution in [0.5, 0.6) is 0 Å². The molecule has 0 N–H and O–H groups in total. The summed E-state index contributed by atoms with van der Waals surface area (Å²) in [6.45, 7) is 3.73. The molecular formula is C17H20FN3O3. The molecule has 7 heteroatoms. The Morgan fingerprint density at radius 3 is 2.79 bits per heavy atom. The number of rotatable bonds is 4. The third-order valence-electron chi connectivity index (χ3n) is 3.92. The molecule has 2 heterocycles. The van der Waals surface area contributed by atoms with E-state index in [0.29, 0.717) is 13.1 Å². The summed E-state index contributed by atoms with van der Waals surface area (Å²) in [6.07, 6.45) is 1.21. The first kappa shape index (κ1) is 16.6. The van der Waals surface area contributed by atoms with Crippen molar-refractivity contribution < 1.29 is 18.7 Å². The highest BCUT2D eigenvalue weighted by atomic mass is 19.1. The Morgan fingerprint density at radius 2 is 2.08 bits per heavy atom. The van der Waals surface area contributed by atoms with Crippen LogP contribution in [-0.4, -0.2) is 53.1 Å². The fourth-order valence-corrected chi connectivity index (χ4v) is 2.84. The molecule has 0 radical (unpaired) electrons. The number of benzene rings is 1. The maximum Gasteiger partial charge on any atom is 0.336 e. The number of carbonyl (C=O) groups excluding carboxylic acids is 1. The molecule has 3 rings (SSSR count). The lowest BCUT2D eigenvalue weighted by atomic mass is 10.2. The molecule has 1 aromatic carbocycles. The predicted molar refractivity (Wildman–Crippen MR) is 85.2 cm³/mol. The van der Waals surface area contributed by atoms with E-state index >= 15 is 0 Å². The van der Waals surface area contributed by atoms with Crippen molar-refractivity contribution in [3.8, 4) is 5.69 Å². The Morgan fingerprint density at radius 1 is 1.33 bits per heavy atom. The monoisotopic (exact) mass is 333 g/mol. The molecule has 24 heavy (non-hydrogen) atoms. The first-order valence-corrected chi connectivity index (χ1v) is 7.81. The number of esters is 1. The van der Waals surface area contributed by atoms with Gasteiger partial charge in [-0.1, -0.05) is 0 Å². The lowest BCUT2D eigenvalue weighted by Crippen LogP contribution is -2.49. The van der Waals surface area contributed by atoms with Crippen LogP contribution in [-0.2, 0) is 20.8 Å². The minimum absolute atomic E-state index is 0.0537. The van der Waals surface area contributed by atoms with Crippen LogP contribution in [0.15, 0.2) is 36.5 Å². The quantitative estimate of drug-likeness (QED) is 0.798. The molecule has 1 aliphatic rings. The standard InChI is InChI=1S/C17H20FN3O3/c1-12-9-20(11-16(24-12)17(22)23-2)10-14-7-8-21(19-14)15-5-3-13(18)4-6-15/h3-8,12,16H,9-11H2,1-2H3/t12-,16-/m1/s1. The normalized spacial score (nSPS) is 21.6. The van der Waals surface area contributed by atoms with Crippen molar-refractivity contribution >= 4 is 5.97 Å². The number of aromatic nitrogens is 2. The average Bonchev–Trinajstić information content (AvgIpc) is 3.02. The number of methoxy groups -OCH3 is 1. The minimum atomic E-state index is -0.571. The highest BCUT2D eigenvalue weighted by Crippen LogP contribution is 2.16. The summed E-state index contributed by atoms with van der Waals surface area (Å²) >= 11 is 0. The van der Waals surface area contributed by atoms with E-state index in [9.17, 15) is 9.18 Å². The van der Waals surface area contributed by atoms with E-state index in [0.717, 1.165) is 17.9 Å². The van der Waals surface area contributed by atoms with Gasteiger partial charge in [-0.2, -0.15) is 5.10 Å². The summed E-state index contributed by atoms with van der Waals surface area (Å²) in [7, 11) is 1.36. The number of hydrogen-bond acceptors (Lipinski definition) is 5. The fourth-order valence-electron chi connectivity index (χ4n) is 2.84. The van der Waals surface area contributed by atoms with Crippen LogP contribution in [0.4, 0.5) is 4.39 Å². The van der Waals surface area contributed by atoms with Crippen LogP contribution >= 0.6 is 0 Å². The van der Waals surface area contributed by atoms with Gasteiger partial charge in [0.2, 0.25) is 0 Å². The zero-order valence-corrected chi connectivity index (χ0v) is 13.7. The molecule has 0 bridgehead atoms. The molecule has 0 unspecified atom stereocenters. The number of ether oxygens (including phenoxy) is 2. The van der Waals surface area contributed by atoms with Gasteiger partial charge in [0.1, 0.15) is 5.82 Å². The van der Waals surface area contributed by atoms with E-state index in [1.807, 2.05) is 19.2 Å². The third kappa shape index (κ3) is 3.80. The summed E-state index contributed by atoms with van der Waals surface area (Å²) < 4.78 is 25.1. The van der Waals surface area contributed by atoms with Crippen LogP contribution in [0.2, 0.25) is 0 Å². The van der Waals surface area contributed by atoms with Crippen molar-refractivity contribution in [3.63, 3.8) is 0 Å². The van der Waals surface area contributed by atoms with E-state index < -0.39 is 6.10 Å². The van der Waals surface area contributed by atoms with Gasteiger partial charge in [-0.05, 0) is 37.3 Å². The first-order chi connectivity index (χ1) is 11.5. The minimum Gasteiger partial charge on any atom is -0.467 e. The summed E-state index contributed by atoms with van der Waals surface area (Å²) in [5.41, 5.74) is 1.67.